The van der Waals surface area contributed by atoms with Crippen molar-refractivity contribution in [2.24, 2.45) is 0 Å². The van der Waals surface area contributed by atoms with Crippen molar-refractivity contribution in [2.75, 3.05) is 0 Å². The Morgan fingerprint density at radius 3 is 2.62 bits per heavy atom. The zero-order chi connectivity index (χ0) is 18.9. The van der Waals surface area contributed by atoms with Crippen molar-refractivity contribution in [3.63, 3.8) is 0 Å². The van der Waals surface area contributed by atoms with Gasteiger partial charge in [-0.2, -0.15) is 13.2 Å². The van der Waals surface area contributed by atoms with Crippen molar-refractivity contribution in [1.29, 1.82) is 0 Å². The second-order valence-electron chi connectivity index (χ2n) is 5.39. The molecule has 0 spiro atoms. The van der Waals surface area contributed by atoms with Gasteiger partial charge in [-0.3, -0.25) is 0 Å². The molecule has 134 valence electrons. The predicted molar refractivity (Wildman–Crippen MR) is 90.7 cm³/mol. The van der Waals surface area contributed by atoms with Gasteiger partial charge in [0, 0.05) is 21.5 Å². The monoisotopic (exact) mass is 426 g/mol. The van der Waals surface area contributed by atoms with Gasteiger partial charge < -0.3 is 9.15 Å². The minimum absolute atomic E-state index is 0.227. The third kappa shape index (κ3) is 3.96. The molecule has 0 saturated heterocycles. The van der Waals surface area contributed by atoms with E-state index in [9.17, 15) is 22.8 Å². The Kier molecular flexibility index (Phi) is 4.86. The van der Waals surface area contributed by atoms with Gasteiger partial charge in [0.25, 0.3) is 0 Å². The molecule has 1 heterocycles. The highest BCUT2D eigenvalue weighted by Crippen LogP contribution is 2.29. The summed E-state index contributed by atoms with van der Waals surface area (Å²) in [5.41, 5.74) is -1.10. The molecule has 0 saturated carbocycles. The summed E-state index contributed by atoms with van der Waals surface area (Å²) in [4.78, 5) is 23.7. The van der Waals surface area contributed by atoms with Gasteiger partial charge in [0.05, 0.1) is 11.1 Å². The predicted octanol–water partition coefficient (Wildman–Crippen LogP) is 4.93. The number of benzene rings is 2. The Hall–Kier alpha value is -2.61. The van der Waals surface area contributed by atoms with Crippen molar-refractivity contribution in [3.8, 4) is 0 Å². The SMILES string of the molecule is O=C(OCc1cc(=O)oc2cc(Br)ccc12)c1cccc(C(F)(F)F)c1. The number of esters is 1. The number of carbonyl (C=O) groups is 1. The summed E-state index contributed by atoms with van der Waals surface area (Å²) in [6.45, 7) is -0.279. The molecular formula is C18H10BrF3O4. The fourth-order valence-electron chi connectivity index (χ4n) is 2.37. The van der Waals surface area contributed by atoms with Crippen LogP contribution in [-0.4, -0.2) is 5.97 Å². The van der Waals surface area contributed by atoms with Crippen molar-refractivity contribution >= 4 is 32.9 Å². The molecule has 1 aromatic heterocycles. The first-order valence-electron chi connectivity index (χ1n) is 7.31. The molecule has 0 atom stereocenters. The maximum Gasteiger partial charge on any atom is 0.416 e. The highest BCUT2D eigenvalue weighted by Gasteiger charge is 2.31. The van der Waals surface area contributed by atoms with E-state index in [2.05, 4.69) is 15.9 Å². The summed E-state index contributed by atoms with van der Waals surface area (Å²) in [6.07, 6.45) is -4.56. The molecule has 0 fully saturated rings. The average Bonchev–Trinajstić information content (AvgIpc) is 2.58. The molecule has 26 heavy (non-hydrogen) atoms. The second-order valence-corrected chi connectivity index (χ2v) is 6.30. The fraction of sp³-hybridized carbons (Fsp3) is 0.111. The molecule has 3 rings (SSSR count). The number of alkyl halides is 3. The van der Waals surface area contributed by atoms with Crippen LogP contribution in [0, 0.1) is 0 Å². The van der Waals surface area contributed by atoms with E-state index in [1.807, 2.05) is 0 Å². The van der Waals surface area contributed by atoms with E-state index >= 15 is 0 Å². The Morgan fingerprint density at radius 1 is 1.12 bits per heavy atom. The Morgan fingerprint density at radius 2 is 1.88 bits per heavy atom. The molecular weight excluding hydrogens is 417 g/mol. The topological polar surface area (TPSA) is 56.5 Å². The van der Waals surface area contributed by atoms with E-state index < -0.39 is 23.3 Å². The lowest BCUT2D eigenvalue weighted by atomic mass is 10.1. The molecule has 4 nitrogen and oxygen atoms in total. The maximum absolute atomic E-state index is 12.7. The van der Waals surface area contributed by atoms with Gasteiger partial charge in [-0.25, -0.2) is 9.59 Å². The van der Waals surface area contributed by atoms with E-state index in [0.717, 1.165) is 18.2 Å². The molecule has 8 heteroatoms. The van der Waals surface area contributed by atoms with Gasteiger partial charge in [-0.1, -0.05) is 22.0 Å². The Labute approximate surface area is 153 Å². The summed E-state index contributed by atoms with van der Waals surface area (Å²) in [5, 5.41) is 0.560. The first-order valence-corrected chi connectivity index (χ1v) is 8.10. The third-order valence-electron chi connectivity index (χ3n) is 3.58. The minimum Gasteiger partial charge on any atom is -0.457 e. The number of fused-ring (bicyclic) bond motifs is 1. The highest BCUT2D eigenvalue weighted by molar-refractivity contribution is 9.10. The van der Waals surface area contributed by atoms with Crippen LogP contribution in [0.25, 0.3) is 11.0 Å². The summed E-state index contributed by atoms with van der Waals surface area (Å²) >= 11 is 3.26. The molecule has 0 N–H and O–H groups in total. The molecule has 0 aliphatic rings. The first kappa shape index (κ1) is 18.2. The summed E-state index contributed by atoms with van der Waals surface area (Å²) in [7, 11) is 0. The number of ether oxygens (including phenoxy) is 1. The normalized spacial score (nSPS) is 11.5. The van der Waals surface area contributed by atoms with Crippen LogP contribution < -0.4 is 5.63 Å². The number of rotatable bonds is 3. The molecule has 0 aliphatic carbocycles. The Balaban J connectivity index is 1.85. The van der Waals surface area contributed by atoms with Gasteiger partial charge in [0.1, 0.15) is 12.2 Å². The van der Waals surface area contributed by atoms with Gasteiger partial charge >= 0.3 is 17.8 Å². The lowest BCUT2D eigenvalue weighted by molar-refractivity contribution is -0.137. The van der Waals surface area contributed by atoms with E-state index in [-0.39, 0.29) is 12.2 Å². The summed E-state index contributed by atoms with van der Waals surface area (Å²) in [5.74, 6) is -0.922. The quantitative estimate of drug-likeness (QED) is 0.440. The lowest BCUT2D eigenvalue weighted by Gasteiger charge is -2.10. The molecule has 0 unspecified atom stereocenters. The van der Waals surface area contributed by atoms with Crippen molar-refractivity contribution in [1.82, 2.24) is 0 Å². The van der Waals surface area contributed by atoms with E-state index in [1.54, 1.807) is 18.2 Å². The van der Waals surface area contributed by atoms with Crippen LogP contribution in [-0.2, 0) is 17.5 Å². The zero-order valence-corrected chi connectivity index (χ0v) is 14.6. The van der Waals surface area contributed by atoms with Crippen LogP contribution >= 0.6 is 15.9 Å². The third-order valence-corrected chi connectivity index (χ3v) is 4.07. The lowest BCUT2D eigenvalue weighted by Crippen LogP contribution is -2.10. The zero-order valence-electron chi connectivity index (χ0n) is 13.0. The van der Waals surface area contributed by atoms with Crippen LogP contribution in [0.4, 0.5) is 13.2 Å². The molecule has 0 bridgehead atoms. The Bertz CT molecular complexity index is 1040. The van der Waals surface area contributed by atoms with Gasteiger partial charge in [-0.05, 0) is 36.4 Å². The van der Waals surface area contributed by atoms with Crippen molar-refractivity contribution in [3.05, 3.63) is 80.1 Å². The van der Waals surface area contributed by atoms with Crippen LogP contribution in [0.15, 0.2) is 62.2 Å². The number of carbonyl (C=O) groups excluding carboxylic acids is 1. The van der Waals surface area contributed by atoms with Gasteiger partial charge in [0.2, 0.25) is 0 Å². The minimum atomic E-state index is -4.56. The number of halogens is 4. The second kappa shape index (κ2) is 6.95. The smallest absolute Gasteiger partial charge is 0.416 e. The standard InChI is InChI=1S/C18H10BrF3O4/c19-13-4-5-14-11(7-16(23)26-15(14)8-13)9-25-17(24)10-2-1-3-12(6-10)18(20,21)22/h1-8H,9H2. The highest BCUT2D eigenvalue weighted by atomic mass is 79.9. The van der Waals surface area contributed by atoms with E-state index in [0.29, 0.717) is 21.0 Å². The number of hydrogen-bond donors (Lipinski definition) is 0. The largest absolute Gasteiger partial charge is 0.457 e. The average molecular weight is 427 g/mol. The molecule has 0 amide bonds. The fourth-order valence-corrected chi connectivity index (χ4v) is 2.71. The van der Waals surface area contributed by atoms with Crippen molar-refractivity contribution in [2.45, 2.75) is 12.8 Å². The van der Waals surface area contributed by atoms with Crippen LogP contribution in [0.1, 0.15) is 21.5 Å². The molecule has 0 aliphatic heterocycles. The molecule has 3 aromatic rings. The van der Waals surface area contributed by atoms with Gasteiger partial charge in [0.15, 0.2) is 0 Å². The van der Waals surface area contributed by atoms with Crippen LogP contribution in [0.5, 0.6) is 0 Å². The van der Waals surface area contributed by atoms with Crippen molar-refractivity contribution < 1.29 is 27.1 Å². The van der Waals surface area contributed by atoms with E-state index in [4.69, 9.17) is 9.15 Å². The van der Waals surface area contributed by atoms with Crippen LogP contribution in [0.2, 0.25) is 0 Å². The number of hydrogen-bond acceptors (Lipinski definition) is 4. The van der Waals surface area contributed by atoms with Gasteiger partial charge in [-0.15, -0.1) is 0 Å². The maximum atomic E-state index is 12.7. The summed E-state index contributed by atoms with van der Waals surface area (Å²) in [6, 6.07) is 10.1. The van der Waals surface area contributed by atoms with E-state index in [1.165, 1.54) is 12.1 Å². The summed E-state index contributed by atoms with van der Waals surface area (Å²) < 4.78 is 49.1. The molecule has 0 radical (unpaired) electrons. The van der Waals surface area contributed by atoms with Crippen LogP contribution in [0.3, 0.4) is 0 Å². The first-order chi connectivity index (χ1) is 12.2. The molecule has 2 aromatic carbocycles.